The topological polar surface area (TPSA) is 37.4 Å². The Bertz CT molecular complexity index is 2610. The molecule has 1 aliphatic heterocycles. The number of carbonyl (C=O) groups is 2. The molecule has 0 atom stereocenters. The zero-order valence-corrected chi connectivity index (χ0v) is 30.0. The number of benzene rings is 6. The summed E-state index contributed by atoms with van der Waals surface area (Å²) < 4.78 is 0. The van der Waals surface area contributed by atoms with Crippen LogP contribution in [0.2, 0.25) is 0 Å². The number of anilines is 3. The highest BCUT2D eigenvalue weighted by molar-refractivity contribution is 6.42. The molecule has 0 spiro atoms. The second kappa shape index (κ2) is 11.5. The number of rotatable bonds is 2. The second-order valence-corrected chi connectivity index (χ2v) is 15.4. The van der Waals surface area contributed by atoms with Crippen LogP contribution < -0.4 is 4.90 Å². The van der Waals surface area contributed by atoms with Gasteiger partial charge in [0.05, 0.1) is 16.9 Å². The van der Waals surface area contributed by atoms with Gasteiger partial charge in [-0.1, -0.05) is 125 Å². The van der Waals surface area contributed by atoms with Gasteiger partial charge in [-0.2, -0.15) is 0 Å². The third kappa shape index (κ3) is 4.73. The predicted molar refractivity (Wildman–Crippen MR) is 215 cm³/mol. The molecule has 52 heavy (non-hydrogen) atoms. The van der Waals surface area contributed by atoms with E-state index < -0.39 is 0 Å². The van der Waals surface area contributed by atoms with Gasteiger partial charge in [-0.3, -0.25) is 9.59 Å². The van der Waals surface area contributed by atoms with Crippen LogP contribution in [0.1, 0.15) is 76.2 Å². The molecule has 2 aliphatic carbocycles. The van der Waals surface area contributed by atoms with Gasteiger partial charge in [0, 0.05) is 27.6 Å². The van der Waals surface area contributed by atoms with E-state index in [0.29, 0.717) is 11.1 Å². The van der Waals surface area contributed by atoms with Gasteiger partial charge in [0.1, 0.15) is 0 Å². The number of carbonyl (C=O) groups excluding carboxylic acids is 2. The summed E-state index contributed by atoms with van der Waals surface area (Å²) in [5.41, 5.74) is 11.0. The van der Waals surface area contributed by atoms with Crippen LogP contribution in [0.25, 0.3) is 27.6 Å². The molecule has 0 radical (unpaired) electrons. The molecule has 0 N–H and O–H groups in total. The lowest BCUT2D eigenvalue weighted by Crippen LogP contribution is -2.31. The Balaban J connectivity index is 1.18. The fourth-order valence-corrected chi connectivity index (χ4v) is 8.61. The van der Waals surface area contributed by atoms with Gasteiger partial charge in [0.25, 0.3) is 0 Å². The molecule has 6 aromatic rings. The number of allylic oxidation sites excluding steroid dienone is 6. The van der Waals surface area contributed by atoms with E-state index in [1.807, 2.05) is 42.5 Å². The maximum atomic E-state index is 13.6. The van der Waals surface area contributed by atoms with Crippen LogP contribution >= 0.6 is 0 Å². The zero-order chi connectivity index (χ0) is 35.9. The third-order valence-electron chi connectivity index (χ3n) is 11.6. The predicted octanol–water partition coefficient (Wildman–Crippen LogP) is 12.1. The van der Waals surface area contributed by atoms with Crippen molar-refractivity contribution in [3.63, 3.8) is 0 Å². The molecule has 3 nitrogen and oxygen atoms in total. The monoisotopic (exact) mass is 673 g/mol. The summed E-state index contributed by atoms with van der Waals surface area (Å²) in [5, 5.41) is 4.12. The minimum Gasteiger partial charge on any atom is -0.310 e. The average molecular weight is 674 g/mol. The van der Waals surface area contributed by atoms with Gasteiger partial charge in [0.15, 0.2) is 11.6 Å². The number of Topliss-reactive ketones (excluding diaryl/α,β-unsaturated/α-hetero) is 2. The Labute approximate surface area is 304 Å². The molecule has 252 valence electrons. The molecule has 9 rings (SSSR count). The number of para-hydroxylation sites is 1. The van der Waals surface area contributed by atoms with Crippen molar-refractivity contribution in [2.45, 2.75) is 44.9 Å². The second-order valence-electron chi connectivity index (χ2n) is 15.4. The van der Waals surface area contributed by atoms with Gasteiger partial charge in [-0.15, -0.1) is 0 Å². The van der Waals surface area contributed by atoms with Crippen LogP contribution in [0.15, 0.2) is 151 Å². The van der Waals surface area contributed by atoms with E-state index in [-0.39, 0.29) is 28.0 Å². The Morgan fingerprint density at radius 2 is 1.37 bits per heavy atom. The van der Waals surface area contributed by atoms with Crippen molar-refractivity contribution in [3.8, 4) is 0 Å². The van der Waals surface area contributed by atoms with Crippen LogP contribution in [0.3, 0.4) is 0 Å². The number of ketones is 2. The third-order valence-corrected chi connectivity index (χ3v) is 11.6. The maximum Gasteiger partial charge on any atom is 0.197 e. The first-order chi connectivity index (χ1) is 25.0. The van der Waals surface area contributed by atoms with E-state index in [4.69, 9.17) is 0 Å². The van der Waals surface area contributed by atoms with Gasteiger partial charge < -0.3 is 4.90 Å². The highest BCUT2D eigenvalue weighted by Crippen LogP contribution is 2.54. The molecule has 6 aromatic carbocycles. The van der Waals surface area contributed by atoms with E-state index in [0.717, 1.165) is 50.5 Å². The number of hydrogen-bond donors (Lipinski definition) is 0. The first-order valence-electron chi connectivity index (χ1n) is 18.0. The molecular weight excluding hydrogens is 635 g/mol. The van der Waals surface area contributed by atoms with Crippen molar-refractivity contribution in [1.29, 1.82) is 0 Å². The molecule has 3 aliphatic rings. The molecule has 0 aromatic heterocycles. The van der Waals surface area contributed by atoms with Crippen LogP contribution in [0.5, 0.6) is 0 Å². The van der Waals surface area contributed by atoms with Crippen molar-refractivity contribution >= 4 is 56.2 Å². The largest absolute Gasteiger partial charge is 0.310 e. The van der Waals surface area contributed by atoms with Crippen molar-refractivity contribution in [3.05, 3.63) is 190 Å². The number of hydrogen-bond acceptors (Lipinski definition) is 3. The van der Waals surface area contributed by atoms with Crippen molar-refractivity contribution in [1.82, 2.24) is 0 Å². The van der Waals surface area contributed by atoms with E-state index in [9.17, 15) is 9.59 Å². The lowest BCUT2D eigenvalue weighted by molar-refractivity contribution is 0.0990. The lowest BCUT2D eigenvalue weighted by atomic mass is 9.71. The molecule has 0 amide bonds. The van der Waals surface area contributed by atoms with E-state index in [1.54, 1.807) is 6.08 Å². The number of fused-ring (bicyclic) bond motifs is 7. The van der Waals surface area contributed by atoms with Crippen LogP contribution in [-0.4, -0.2) is 11.6 Å². The molecule has 1 heterocycles. The summed E-state index contributed by atoms with van der Waals surface area (Å²) in [6, 6.07) is 37.9. The highest BCUT2D eigenvalue weighted by Gasteiger charge is 2.39. The first-order valence-corrected chi connectivity index (χ1v) is 18.0. The molecule has 0 fully saturated rings. The maximum absolute atomic E-state index is 13.6. The van der Waals surface area contributed by atoms with Gasteiger partial charge in [-0.25, -0.2) is 0 Å². The normalized spacial score (nSPS) is 18.2. The van der Waals surface area contributed by atoms with E-state index in [2.05, 4.69) is 130 Å². The fraction of sp³-hybridized carbons (Fsp3) is 0.143. The van der Waals surface area contributed by atoms with Crippen LogP contribution in [0, 0.1) is 0 Å². The van der Waals surface area contributed by atoms with Crippen LogP contribution in [0.4, 0.5) is 17.1 Å². The molecule has 0 saturated heterocycles. The molecule has 3 heteroatoms. The number of nitrogens with zero attached hydrogens (tertiary/aromatic N) is 1. The van der Waals surface area contributed by atoms with Crippen LogP contribution in [-0.2, 0) is 17.3 Å². The minimum absolute atomic E-state index is 0.213. The Morgan fingerprint density at radius 1 is 0.654 bits per heavy atom. The summed E-state index contributed by atoms with van der Waals surface area (Å²) in [6.45, 7) is 13.6. The Morgan fingerprint density at radius 3 is 2.12 bits per heavy atom. The Hall–Kier alpha value is -6.06. The first kappa shape index (κ1) is 31.9. The van der Waals surface area contributed by atoms with Crippen molar-refractivity contribution in [2.75, 3.05) is 4.90 Å². The van der Waals surface area contributed by atoms with E-state index >= 15 is 0 Å². The molecule has 0 saturated carbocycles. The summed E-state index contributed by atoms with van der Waals surface area (Å²) in [5.74, 6) is -0.425. The molecule has 0 bridgehead atoms. The highest BCUT2D eigenvalue weighted by atomic mass is 16.2. The van der Waals surface area contributed by atoms with E-state index in [1.165, 1.54) is 27.9 Å². The molecular formula is C49H39NO2. The van der Waals surface area contributed by atoms with Crippen molar-refractivity contribution in [2.24, 2.45) is 0 Å². The van der Waals surface area contributed by atoms with Crippen molar-refractivity contribution < 1.29 is 9.59 Å². The lowest BCUT2D eigenvalue weighted by Gasteiger charge is -2.43. The average Bonchev–Trinajstić information content (AvgIpc) is 3.39. The Kier molecular flexibility index (Phi) is 7.04. The summed E-state index contributed by atoms with van der Waals surface area (Å²) >= 11 is 0. The van der Waals surface area contributed by atoms with Gasteiger partial charge in [0.2, 0.25) is 0 Å². The summed E-state index contributed by atoms with van der Waals surface area (Å²) in [7, 11) is 0. The zero-order valence-electron chi connectivity index (χ0n) is 30.0. The standard InChI is InChI=1S/C49H39NO2/c1-30-13-7-6-8-14-32-20-22-36(29-42(32)48(30,2)3)50-43-18-12-11-17-41(43)49(4,5)45-37-23-19-31(25-35(37)21-24-44(45)50)26-40-46(51)38-27-33-15-9-10-16-34(33)28-39(38)47(40)52/h6-13,15-29H,1,14H2,2-5H3/b8-6-,13-7-. The fourth-order valence-electron chi connectivity index (χ4n) is 8.61. The summed E-state index contributed by atoms with van der Waals surface area (Å²) in [4.78, 5) is 29.6. The van der Waals surface area contributed by atoms with Gasteiger partial charge in [-0.05, 0) is 110 Å². The van der Waals surface area contributed by atoms with Gasteiger partial charge >= 0.3 is 0 Å². The molecule has 0 unspecified atom stereocenters. The minimum atomic E-state index is -0.298. The summed E-state index contributed by atoms with van der Waals surface area (Å²) in [6.07, 6.45) is 11.2. The SMILES string of the molecule is C=C1/C=C\C=C/Cc2ccc(N3c4ccccc4C(C)(C)c4c3ccc3cc(C=C5C(=O)c6cc7ccccc7cc6C5=O)ccc43)cc2C1(C)C. The quantitative estimate of drug-likeness (QED) is 0.136. The smallest absolute Gasteiger partial charge is 0.197 e.